The van der Waals surface area contributed by atoms with E-state index >= 15 is 0 Å². The fourth-order valence-corrected chi connectivity index (χ4v) is 2.03. The van der Waals surface area contributed by atoms with Gasteiger partial charge in [0.05, 0.1) is 20.3 Å². The van der Waals surface area contributed by atoms with Gasteiger partial charge in [-0.2, -0.15) is 0 Å². The van der Waals surface area contributed by atoms with Gasteiger partial charge < -0.3 is 19.3 Å². The Kier molecular flexibility index (Phi) is 5.01. The Morgan fingerprint density at radius 2 is 2.10 bits per heavy atom. The molecule has 1 aliphatic heterocycles. The van der Waals surface area contributed by atoms with Crippen LogP contribution in [0.4, 0.5) is 0 Å². The number of carboxylic acids is 1. The molecular weight excluding hydrogens is 260 g/mol. The standard InChI is InChI=1S/C15H18O5/c1-18-14-10-11(3-5-15(16)17)2-4-13(14)20-12-6-8-19-9-7-12/h2-5,10,12H,6-9H2,1H3,(H,16,17). The maximum absolute atomic E-state index is 10.5. The fraction of sp³-hybridized carbons (Fsp3) is 0.400. The first-order valence-electron chi connectivity index (χ1n) is 6.52. The van der Waals surface area contributed by atoms with Gasteiger partial charge in [-0.15, -0.1) is 0 Å². The number of aliphatic carboxylic acids is 1. The van der Waals surface area contributed by atoms with Crippen LogP contribution in [0, 0.1) is 0 Å². The summed E-state index contributed by atoms with van der Waals surface area (Å²) in [6.45, 7) is 1.43. The van der Waals surface area contributed by atoms with Crippen molar-refractivity contribution < 1.29 is 24.1 Å². The SMILES string of the molecule is COc1cc(C=CC(=O)O)ccc1OC1CCOCC1. The molecule has 0 saturated carbocycles. The Hall–Kier alpha value is -2.01. The van der Waals surface area contributed by atoms with E-state index in [1.165, 1.54) is 6.08 Å². The van der Waals surface area contributed by atoms with Crippen molar-refractivity contribution in [2.45, 2.75) is 18.9 Å². The molecule has 0 bridgehead atoms. The number of carboxylic acid groups (broad SMARTS) is 1. The molecule has 1 aromatic rings. The first-order valence-corrected chi connectivity index (χ1v) is 6.52. The van der Waals surface area contributed by atoms with Crippen molar-refractivity contribution in [2.24, 2.45) is 0 Å². The minimum atomic E-state index is -0.980. The maximum atomic E-state index is 10.5. The molecule has 5 heteroatoms. The zero-order chi connectivity index (χ0) is 14.4. The number of methoxy groups -OCH3 is 1. The van der Waals surface area contributed by atoms with E-state index in [2.05, 4.69) is 0 Å². The Morgan fingerprint density at radius 3 is 2.75 bits per heavy atom. The van der Waals surface area contributed by atoms with Gasteiger partial charge in [-0.25, -0.2) is 4.79 Å². The second-order valence-corrected chi connectivity index (χ2v) is 4.51. The Balaban J connectivity index is 2.10. The molecule has 0 aromatic heterocycles. The molecule has 0 spiro atoms. The van der Waals surface area contributed by atoms with E-state index in [4.69, 9.17) is 19.3 Å². The van der Waals surface area contributed by atoms with Crippen LogP contribution in [-0.4, -0.2) is 37.5 Å². The first-order chi connectivity index (χ1) is 9.69. The van der Waals surface area contributed by atoms with Gasteiger partial charge >= 0.3 is 5.97 Å². The van der Waals surface area contributed by atoms with Crippen LogP contribution in [-0.2, 0) is 9.53 Å². The van der Waals surface area contributed by atoms with Crippen LogP contribution in [0.3, 0.4) is 0 Å². The molecule has 0 radical (unpaired) electrons. The molecule has 1 heterocycles. The van der Waals surface area contributed by atoms with E-state index in [9.17, 15) is 4.79 Å². The number of carbonyl (C=O) groups is 1. The Morgan fingerprint density at radius 1 is 1.35 bits per heavy atom. The monoisotopic (exact) mass is 278 g/mol. The second kappa shape index (κ2) is 6.96. The van der Waals surface area contributed by atoms with Crippen LogP contribution in [0.1, 0.15) is 18.4 Å². The molecule has 0 aliphatic carbocycles. The highest BCUT2D eigenvalue weighted by Crippen LogP contribution is 2.30. The third-order valence-corrected chi connectivity index (χ3v) is 3.07. The first kappa shape index (κ1) is 14.4. The van der Waals surface area contributed by atoms with Gasteiger partial charge in [0.2, 0.25) is 0 Å². The largest absolute Gasteiger partial charge is 0.493 e. The van der Waals surface area contributed by atoms with E-state index in [0.29, 0.717) is 24.7 Å². The maximum Gasteiger partial charge on any atom is 0.328 e. The molecular formula is C15H18O5. The van der Waals surface area contributed by atoms with E-state index in [0.717, 1.165) is 24.5 Å². The highest BCUT2D eigenvalue weighted by Gasteiger charge is 2.17. The molecule has 0 amide bonds. The summed E-state index contributed by atoms with van der Waals surface area (Å²) in [6, 6.07) is 5.36. The average Bonchev–Trinajstić information content (AvgIpc) is 2.47. The lowest BCUT2D eigenvalue weighted by atomic mass is 10.1. The minimum Gasteiger partial charge on any atom is -0.493 e. The minimum absolute atomic E-state index is 0.137. The molecule has 0 atom stereocenters. The van der Waals surface area contributed by atoms with E-state index in [1.54, 1.807) is 25.3 Å². The zero-order valence-corrected chi connectivity index (χ0v) is 11.4. The van der Waals surface area contributed by atoms with Crippen LogP contribution in [0.2, 0.25) is 0 Å². The van der Waals surface area contributed by atoms with Gasteiger partial charge in [0.15, 0.2) is 11.5 Å². The lowest BCUT2D eigenvalue weighted by Gasteiger charge is -2.24. The molecule has 1 N–H and O–H groups in total. The summed E-state index contributed by atoms with van der Waals surface area (Å²) >= 11 is 0. The summed E-state index contributed by atoms with van der Waals surface area (Å²) < 4.78 is 16.5. The number of rotatable bonds is 5. The number of hydrogen-bond acceptors (Lipinski definition) is 4. The van der Waals surface area contributed by atoms with Gasteiger partial charge in [0, 0.05) is 18.9 Å². The van der Waals surface area contributed by atoms with Crippen molar-refractivity contribution in [2.75, 3.05) is 20.3 Å². The van der Waals surface area contributed by atoms with Crippen molar-refractivity contribution in [3.63, 3.8) is 0 Å². The topological polar surface area (TPSA) is 65.0 Å². The highest BCUT2D eigenvalue weighted by molar-refractivity contribution is 5.85. The van der Waals surface area contributed by atoms with Gasteiger partial charge in [0.25, 0.3) is 0 Å². The Labute approximate surface area is 117 Å². The van der Waals surface area contributed by atoms with Crippen LogP contribution >= 0.6 is 0 Å². The summed E-state index contributed by atoms with van der Waals surface area (Å²) in [6.07, 6.45) is 4.47. The lowest BCUT2D eigenvalue weighted by molar-refractivity contribution is -0.131. The van der Waals surface area contributed by atoms with Gasteiger partial charge in [-0.1, -0.05) is 6.07 Å². The second-order valence-electron chi connectivity index (χ2n) is 4.51. The molecule has 5 nitrogen and oxygen atoms in total. The van der Waals surface area contributed by atoms with Crippen LogP contribution < -0.4 is 9.47 Å². The molecule has 1 saturated heterocycles. The smallest absolute Gasteiger partial charge is 0.328 e. The summed E-state index contributed by atoms with van der Waals surface area (Å²) in [7, 11) is 1.57. The predicted octanol–water partition coefficient (Wildman–Crippen LogP) is 2.35. The van der Waals surface area contributed by atoms with Crippen molar-refractivity contribution in [1.82, 2.24) is 0 Å². The highest BCUT2D eigenvalue weighted by atomic mass is 16.5. The average molecular weight is 278 g/mol. The predicted molar refractivity (Wildman–Crippen MR) is 74.1 cm³/mol. The van der Waals surface area contributed by atoms with E-state index < -0.39 is 5.97 Å². The molecule has 1 aliphatic rings. The zero-order valence-electron chi connectivity index (χ0n) is 11.4. The van der Waals surface area contributed by atoms with Crippen LogP contribution in [0.25, 0.3) is 6.08 Å². The quantitative estimate of drug-likeness (QED) is 0.837. The molecule has 1 aromatic carbocycles. The normalized spacial score (nSPS) is 16.2. The van der Waals surface area contributed by atoms with Gasteiger partial charge in [-0.05, 0) is 23.8 Å². The summed E-state index contributed by atoms with van der Waals surface area (Å²) in [5.74, 6) is 0.294. The van der Waals surface area contributed by atoms with Gasteiger partial charge in [-0.3, -0.25) is 0 Å². The number of benzene rings is 1. The lowest BCUT2D eigenvalue weighted by Crippen LogP contribution is -2.26. The number of hydrogen-bond donors (Lipinski definition) is 1. The van der Waals surface area contributed by atoms with E-state index in [-0.39, 0.29) is 6.10 Å². The molecule has 2 rings (SSSR count). The molecule has 108 valence electrons. The molecule has 20 heavy (non-hydrogen) atoms. The van der Waals surface area contributed by atoms with Crippen LogP contribution in [0.5, 0.6) is 11.5 Å². The van der Waals surface area contributed by atoms with Crippen LogP contribution in [0.15, 0.2) is 24.3 Å². The van der Waals surface area contributed by atoms with Crippen molar-refractivity contribution in [1.29, 1.82) is 0 Å². The van der Waals surface area contributed by atoms with Crippen molar-refractivity contribution in [3.8, 4) is 11.5 Å². The Bertz CT molecular complexity index is 489. The summed E-state index contributed by atoms with van der Waals surface area (Å²) in [5, 5.41) is 8.62. The summed E-state index contributed by atoms with van der Waals surface area (Å²) in [4.78, 5) is 10.5. The molecule has 0 unspecified atom stereocenters. The molecule has 1 fully saturated rings. The number of ether oxygens (including phenoxy) is 3. The van der Waals surface area contributed by atoms with E-state index in [1.807, 2.05) is 0 Å². The van der Waals surface area contributed by atoms with Crippen molar-refractivity contribution in [3.05, 3.63) is 29.8 Å². The fourth-order valence-electron chi connectivity index (χ4n) is 2.03. The van der Waals surface area contributed by atoms with Crippen molar-refractivity contribution >= 4 is 12.0 Å². The van der Waals surface area contributed by atoms with Gasteiger partial charge in [0.1, 0.15) is 6.10 Å². The third kappa shape index (κ3) is 3.99. The summed E-state index contributed by atoms with van der Waals surface area (Å²) in [5.41, 5.74) is 0.753. The third-order valence-electron chi connectivity index (χ3n) is 3.07.